The molecule has 2 aromatic rings. The summed E-state index contributed by atoms with van der Waals surface area (Å²) < 4.78 is 7.23. The van der Waals surface area contributed by atoms with Crippen molar-refractivity contribution >= 4 is 17.4 Å². The van der Waals surface area contributed by atoms with Gasteiger partial charge in [0.15, 0.2) is 0 Å². The Morgan fingerprint density at radius 2 is 2.32 bits per heavy atom. The largest absolute Gasteiger partial charge is 0.476 e. The molecule has 1 aliphatic rings. The molecule has 0 aromatic carbocycles. The summed E-state index contributed by atoms with van der Waals surface area (Å²) in [6.45, 7) is 2.43. The van der Waals surface area contributed by atoms with Crippen LogP contribution in [0.3, 0.4) is 0 Å². The molecule has 0 amide bonds. The van der Waals surface area contributed by atoms with Crippen LogP contribution < -0.4 is 10.5 Å². The number of ether oxygens (including phenoxy) is 1. The van der Waals surface area contributed by atoms with Crippen molar-refractivity contribution in [3.63, 3.8) is 0 Å². The Morgan fingerprint density at radius 3 is 3.05 bits per heavy atom. The molecule has 8 heteroatoms. The second-order valence-electron chi connectivity index (χ2n) is 4.22. The van der Waals surface area contributed by atoms with Gasteiger partial charge in [0.25, 0.3) is 0 Å². The molecule has 0 spiro atoms. The first-order valence-corrected chi connectivity index (χ1v) is 6.94. The van der Waals surface area contributed by atoms with E-state index in [2.05, 4.69) is 20.5 Å². The molecule has 1 aliphatic carbocycles. The van der Waals surface area contributed by atoms with Gasteiger partial charge in [-0.05, 0) is 54.1 Å². The van der Waals surface area contributed by atoms with Crippen LogP contribution in [0.4, 0.5) is 5.69 Å². The number of anilines is 1. The smallest absolute Gasteiger partial charge is 0.238 e. The van der Waals surface area contributed by atoms with Gasteiger partial charge in [0.05, 0.1) is 18.3 Å². The Hall–Kier alpha value is -1.83. The van der Waals surface area contributed by atoms with E-state index < -0.39 is 0 Å². The first kappa shape index (κ1) is 12.2. The average Bonchev–Trinajstić information content (AvgIpc) is 3.15. The Labute approximate surface area is 114 Å². The van der Waals surface area contributed by atoms with Gasteiger partial charge in [-0.25, -0.2) is 9.67 Å². The standard InChI is InChI=1S/C11H14N6OS/c1-2-18-10-8(12)5-6-9(13-10)19-11-14-15-16-17(11)7-3-4-7/h5-7H,2-4,12H2,1H3. The predicted molar refractivity (Wildman–Crippen MR) is 70.0 cm³/mol. The van der Waals surface area contributed by atoms with Crippen LogP contribution in [-0.4, -0.2) is 31.8 Å². The van der Waals surface area contributed by atoms with E-state index in [0.717, 1.165) is 23.0 Å². The Balaban J connectivity index is 1.82. The molecule has 0 atom stereocenters. The summed E-state index contributed by atoms with van der Waals surface area (Å²) in [6, 6.07) is 4.07. The summed E-state index contributed by atoms with van der Waals surface area (Å²) in [5.74, 6) is 0.456. The van der Waals surface area contributed by atoms with Crippen molar-refractivity contribution in [1.82, 2.24) is 25.2 Å². The number of hydrogen-bond acceptors (Lipinski definition) is 7. The van der Waals surface area contributed by atoms with Crippen molar-refractivity contribution in [1.29, 1.82) is 0 Å². The monoisotopic (exact) mass is 278 g/mol. The minimum Gasteiger partial charge on any atom is -0.476 e. The van der Waals surface area contributed by atoms with Crippen LogP contribution in [0.25, 0.3) is 0 Å². The zero-order valence-electron chi connectivity index (χ0n) is 10.5. The lowest BCUT2D eigenvalue weighted by molar-refractivity contribution is 0.326. The number of nitrogen functional groups attached to an aromatic ring is 1. The second-order valence-corrected chi connectivity index (χ2v) is 5.20. The SMILES string of the molecule is CCOc1nc(Sc2nnnn2C2CC2)ccc1N. The minimum absolute atomic E-state index is 0.442. The van der Waals surface area contributed by atoms with Gasteiger partial charge >= 0.3 is 0 Å². The van der Waals surface area contributed by atoms with Crippen molar-refractivity contribution in [2.45, 2.75) is 36.0 Å². The fourth-order valence-electron chi connectivity index (χ4n) is 1.64. The highest BCUT2D eigenvalue weighted by Gasteiger charge is 2.28. The summed E-state index contributed by atoms with van der Waals surface area (Å²) in [5, 5.41) is 13.3. The van der Waals surface area contributed by atoms with Crippen LogP contribution >= 0.6 is 11.8 Å². The van der Waals surface area contributed by atoms with Crippen LogP contribution in [0, 0.1) is 0 Å². The van der Waals surface area contributed by atoms with Gasteiger partial charge in [0.1, 0.15) is 5.03 Å². The third-order valence-corrected chi connectivity index (χ3v) is 3.58. The molecule has 0 saturated heterocycles. The summed E-state index contributed by atoms with van der Waals surface area (Å²) in [4.78, 5) is 4.36. The fraction of sp³-hybridized carbons (Fsp3) is 0.455. The Morgan fingerprint density at radius 1 is 1.47 bits per heavy atom. The highest BCUT2D eigenvalue weighted by Crippen LogP contribution is 2.38. The molecular formula is C11H14N6OS. The van der Waals surface area contributed by atoms with Gasteiger partial charge in [-0.15, -0.1) is 5.10 Å². The van der Waals surface area contributed by atoms with Gasteiger partial charge in [-0.3, -0.25) is 0 Å². The van der Waals surface area contributed by atoms with Crippen LogP contribution in [0.2, 0.25) is 0 Å². The predicted octanol–water partition coefficient (Wildman–Crippen LogP) is 1.54. The van der Waals surface area contributed by atoms with E-state index in [1.54, 1.807) is 6.07 Å². The quantitative estimate of drug-likeness (QED) is 0.886. The molecule has 7 nitrogen and oxygen atoms in total. The molecule has 19 heavy (non-hydrogen) atoms. The van der Waals surface area contributed by atoms with Gasteiger partial charge in [0, 0.05) is 0 Å². The molecule has 0 aliphatic heterocycles. The lowest BCUT2D eigenvalue weighted by atomic mass is 10.4. The maximum Gasteiger partial charge on any atom is 0.238 e. The number of nitrogens with two attached hydrogens (primary N) is 1. The number of pyridine rings is 1. The van der Waals surface area contributed by atoms with E-state index in [0.29, 0.717) is 24.2 Å². The second kappa shape index (κ2) is 5.04. The van der Waals surface area contributed by atoms with Crippen molar-refractivity contribution in [2.75, 3.05) is 12.3 Å². The zero-order chi connectivity index (χ0) is 13.2. The third kappa shape index (κ3) is 2.62. The summed E-state index contributed by atoms with van der Waals surface area (Å²) in [5.41, 5.74) is 6.33. The first-order chi connectivity index (χ1) is 9.28. The molecular weight excluding hydrogens is 264 g/mol. The molecule has 0 unspecified atom stereocenters. The molecule has 2 heterocycles. The molecule has 2 aromatic heterocycles. The van der Waals surface area contributed by atoms with E-state index in [1.807, 2.05) is 17.7 Å². The number of nitrogens with zero attached hydrogens (tertiary/aromatic N) is 5. The van der Waals surface area contributed by atoms with Crippen LogP contribution in [-0.2, 0) is 0 Å². The number of hydrogen-bond donors (Lipinski definition) is 1. The van der Waals surface area contributed by atoms with Crippen molar-refractivity contribution in [3.8, 4) is 5.88 Å². The molecule has 1 fully saturated rings. The maximum absolute atomic E-state index is 5.79. The van der Waals surface area contributed by atoms with Crippen LogP contribution in [0.15, 0.2) is 22.3 Å². The van der Waals surface area contributed by atoms with E-state index in [1.165, 1.54) is 11.8 Å². The highest BCUT2D eigenvalue weighted by atomic mass is 32.2. The van der Waals surface area contributed by atoms with Gasteiger partial charge < -0.3 is 10.5 Å². The first-order valence-electron chi connectivity index (χ1n) is 6.13. The van der Waals surface area contributed by atoms with Gasteiger partial charge in [-0.2, -0.15) is 0 Å². The van der Waals surface area contributed by atoms with Crippen LogP contribution in [0.5, 0.6) is 5.88 Å². The lowest BCUT2D eigenvalue weighted by Crippen LogP contribution is -2.01. The highest BCUT2D eigenvalue weighted by molar-refractivity contribution is 7.99. The van der Waals surface area contributed by atoms with Crippen LogP contribution in [0.1, 0.15) is 25.8 Å². The molecule has 2 N–H and O–H groups in total. The van der Waals surface area contributed by atoms with E-state index >= 15 is 0 Å². The van der Waals surface area contributed by atoms with Gasteiger partial charge in [0.2, 0.25) is 11.0 Å². The maximum atomic E-state index is 5.79. The number of aromatic nitrogens is 5. The van der Waals surface area contributed by atoms with Crippen molar-refractivity contribution in [2.24, 2.45) is 0 Å². The van der Waals surface area contributed by atoms with E-state index in [9.17, 15) is 0 Å². The number of tetrazole rings is 1. The van der Waals surface area contributed by atoms with Gasteiger partial charge in [-0.1, -0.05) is 0 Å². The van der Waals surface area contributed by atoms with E-state index in [-0.39, 0.29) is 0 Å². The summed E-state index contributed by atoms with van der Waals surface area (Å²) in [7, 11) is 0. The lowest BCUT2D eigenvalue weighted by Gasteiger charge is -2.07. The molecule has 3 rings (SSSR count). The molecule has 100 valence electrons. The Bertz CT molecular complexity index is 582. The summed E-state index contributed by atoms with van der Waals surface area (Å²) in [6.07, 6.45) is 2.27. The Kier molecular flexibility index (Phi) is 3.24. The number of rotatable bonds is 5. The molecule has 0 radical (unpaired) electrons. The van der Waals surface area contributed by atoms with Crippen molar-refractivity contribution in [3.05, 3.63) is 12.1 Å². The fourth-order valence-corrected chi connectivity index (χ4v) is 2.45. The zero-order valence-corrected chi connectivity index (χ0v) is 11.3. The normalized spacial score (nSPS) is 14.6. The minimum atomic E-state index is 0.442. The summed E-state index contributed by atoms with van der Waals surface area (Å²) >= 11 is 1.42. The molecule has 0 bridgehead atoms. The topological polar surface area (TPSA) is 91.7 Å². The average molecular weight is 278 g/mol. The molecule has 1 saturated carbocycles. The van der Waals surface area contributed by atoms with E-state index in [4.69, 9.17) is 10.5 Å². The third-order valence-electron chi connectivity index (χ3n) is 2.70. The van der Waals surface area contributed by atoms with Crippen molar-refractivity contribution < 1.29 is 4.74 Å².